The summed E-state index contributed by atoms with van der Waals surface area (Å²) in [5.41, 5.74) is 8.02. The maximum atomic E-state index is 11.5. The Bertz CT molecular complexity index is 214. The van der Waals surface area contributed by atoms with Gasteiger partial charge in [-0.3, -0.25) is 9.63 Å². The average Bonchev–Trinajstić information content (AvgIpc) is 2.64. The Labute approximate surface area is 111 Å². The van der Waals surface area contributed by atoms with Gasteiger partial charge in [-0.1, -0.05) is 38.5 Å². The van der Waals surface area contributed by atoms with E-state index in [4.69, 9.17) is 10.6 Å². The van der Waals surface area contributed by atoms with Crippen molar-refractivity contribution >= 4 is 5.91 Å². The lowest BCUT2D eigenvalue weighted by Gasteiger charge is -2.15. The van der Waals surface area contributed by atoms with Gasteiger partial charge in [0.2, 0.25) is 5.91 Å². The maximum absolute atomic E-state index is 11.5. The molecule has 1 amide bonds. The molecule has 4 nitrogen and oxygen atoms in total. The predicted octanol–water partition coefficient (Wildman–Crippen LogP) is 2.67. The first-order valence-corrected chi connectivity index (χ1v) is 7.47. The number of carbonyl (C=O) groups is 1. The van der Waals surface area contributed by atoms with Crippen molar-refractivity contribution in [3.63, 3.8) is 0 Å². The van der Waals surface area contributed by atoms with E-state index in [1.54, 1.807) is 0 Å². The number of carbonyl (C=O) groups excluding carboxylic acids is 1. The van der Waals surface area contributed by atoms with Crippen LogP contribution in [0.15, 0.2) is 0 Å². The molecule has 0 aromatic carbocycles. The number of nitrogens with one attached hydrogen (secondary N) is 1. The van der Waals surface area contributed by atoms with Crippen molar-refractivity contribution in [1.29, 1.82) is 0 Å². The summed E-state index contributed by atoms with van der Waals surface area (Å²) in [5.74, 6) is 0.0204. The standard InChI is InChI=1S/C14H28N2O2/c15-12-8-4-3-7-11-14(17)16-18-13-9-5-1-2-6-10-13/h13H,1-12,15H2,(H,16,17). The second kappa shape index (κ2) is 10.3. The quantitative estimate of drug-likeness (QED) is 0.398. The highest BCUT2D eigenvalue weighted by molar-refractivity contribution is 5.74. The number of hydrogen-bond donors (Lipinski definition) is 2. The van der Waals surface area contributed by atoms with Crippen LogP contribution in [-0.4, -0.2) is 18.6 Å². The maximum Gasteiger partial charge on any atom is 0.243 e. The van der Waals surface area contributed by atoms with Crippen LogP contribution < -0.4 is 11.2 Å². The van der Waals surface area contributed by atoms with E-state index < -0.39 is 0 Å². The second-order valence-electron chi connectivity index (χ2n) is 5.21. The molecule has 0 aromatic rings. The predicted molar refractivity (Wildman–Crippen MR) is 72.9 cm³/mol. The van der Waals surface area contributed by atoms with E-state index in [0.717, 1.165) is 45.1 Å². The van der Waals surface area contributed by atoms with E-state index in [0.29, 0.717) is 6.42 Å². The number of unbranched alkanes of at least 4 members (excludes halogenated alkanes) is 3. The van der Waals surface area contributed by atoms with Crippen molar-refractivity contribution in [1.82, 2.24) is 5.48 Å². The van der Waals surface area contributed by atoms with Gasteiger partial charge in [0, 0.05) is 6.42 Å². The molecule has 18 heavy (non-hydrogen) atoms. The number of nitrogens with two attached hydrogens (primary N) is 1. The van der Waals surface area contributed by atoms with Gasteiger partial charge in [0.1, 0.15) is 0 Å². The van der Waals surface area contributed by atoms with Gasteiger partial charge < -0.3 is 5.73 Å². The molecule has 0 heterocycles. The third kappa shape index (κ3) is 7.67. The Morgan fingerprint density at radius 3 is 2.39 bits per heavy atom. The summed E-state index contributed by atoms with van der Waals surface area (Å²) < 4.78 is 0. The highest BCUT2D eigenvalue weighted by Crippen LogP contribution is 2.19. The first kappa shape index (κ1) is 15.4. The van der Waals surface area contributed by atoms with E-state index >= 15 is 0 Å². The van der Waals surface area contributed by atoms with Crippen molar-refractivity contribution in [3.05, 3.63) is 0 Å². The molecule has 1 aliphatic carbocycles. The highest BCUT2D eigenvalue weighted by Gasteiger charge is 2.13. The summed E-state index contributed by atoms with van der Waals surface area (Å²) in [5, 5.41) is 0. The molecule has 106 valence electrons. The molecule has 3 N–H and O–H groups in total. The zero-order chi connectivity index (χ0) is 13.1. The summed E-state index contributed by atoms with van der Waals surface area (Å²) in [6.45, 7) is 0.747. The van der Waals surface area contributed by atoms with Gasteiger partial charge in [-0.25, -0.2) is 5.48 Å². The first-order valence-electron chi connectivity index (χ1n) is 7.47. The molecule has 0 radical (unpaired) electrons. The SMILES string of the molecule is NCCCCCCC(=O)NOC1CCCCCC1. The van der Waals surface area contributed by atoms with E-state index in [9.17, 15) is 4.79 Å². The molecule has 1 rings (SSSR count). The highest BCUT2D eigenvalue weighted by atomic mass is 16.7. The van der Waals surface area contributed by atoms with Gasteiger partial charge in [0.25, 0.3) is 0 Å². The van der Waals surface area contributed by atoms with Crippen LogP contribution in [0, 0.1) is 0 Å². The zero-order valence-corrected chi connectivity index (χ0v) is 11.5. The molecular formula is C14H28N2O2. The van der Waals surface area contributed by atoms with Gasteiger partial charge >= 0.3 is 0 Å². The van der Waals surface area contributed by atoms with Crippen molar-refractivity contribution < 1.29 is 9.63 Å². The fourth-order valence-corrected chi connectivity index (χ4v) is 2.34. The van der Waals surface area contributed by atoms with Crippen LogP contribution in [0.25, 0.3) is 0 Å². The van der Waals surface area contributed by atoms with Gasteiger partial charge in [0.05, 0.1) is 6.10 Å². The van der Waals surface area contributed by atoms with Crippen molar-refractivity contribution in [2.24, 2.45) is 5.73 Å². The van der Waals surface area contributed by atoms with Crippen LogP contribution in [0.2, 0.25) is 0 Å². The summed E-state index contributed by atoms with van der Waals surface area (Å²) in [6, 6.07) is 0. The zero-order valence-electron chi connectivity index (χ0n) is 11.5. The van der Waals surface area contributed by atoms with Gasteiger partial charge in [-0.2, -0.15) is 0 Å². The number of hydroxylamine groups is 1. The molecule has 0 atom stereocenters. The van der Waals surface area contributed by atoms with Crippen LogP contribution >= 0.6 is 0 Å². The second-order valence-corrected chi connectivity index (χ2v) is 5.21. The number of amides is 1. The molecule has 0 aromatic heterocycles. The molecule has 0 aliphatic heterocycles. The minimum Gasteiger partial charge on any atom is -0.330 e. The first-order chi connectivity index (χ1) is 8.83. The fraction of sp³-hybridized carbons (Fsp3) is 0.929. The Balaban J connectivity index is 1.98. The van der Waals surface area contributed by atoms with Crippen LogP contribution in [0.4, 0.5) is 0 Å². The summed E-state index contributed by atoms with van der Waals surface area (Å²) in [7, 11) is 0. The number of hydrogen-bond acceptors (Lipinski definition) is 3. The Kier molecular flexibility index (Phi) is 8.86. The molecule has 0 bridgehead atoms. The van der Waals surface area contributed by atoms with Crippen molar-refractivity contribution in [2.75, 3.05) is 6.54 Å². The topological polar surface area (TPSA) is 64.4 Å². The van der Waals surface area contributed by atoms with Crippen LogP contribution in [0.3, 0.4) is 0 Å². The van der Waals surface area contributed by atoms with Gasteiger partial charge in [0.15, 0.2) is 0 Å². The van der Waals surface area contributed by atoms with Gasteiger partial charge in [-0.05, 0) is 32.2 Å². The van der Waals surface area contributed by atoms with Gasteiger partial charge in [-0.15, -0.1) is 0 Å². The summed E-state index contributed by atoms with van der Waals surface area (Å²) in [6.07, 6.45) is 12.2. The Hall–Kier alpha value is -0.610. The van der Waals surface area contributed by atoms with E-state index in [-0.39, 0.29) is 12.0 Å². The summed E-state index contributed by atoms with van der Waals surface area (Å²) >= 11 is 0. The number of rotatable bonds is 8. The Morgan fingerprint density at radius 2 is 1.72 bits per heavy atom. The van der Waals surface area contributed by atoms with Crippen LogP contribution in [0.5, 0.6) is 0 Å². The lowest BCUT2D eigenvalue weighted by molar-refractivity contribution is -0.139. The van der Waals surface area contributed by atoms with Crippen molar-refractivity contribution in [2.45, 2.75) is 76.7 Å². The fourth-order valence-electron chi connectivity index (χ4n) is 2.34. The third-order valence-electron chi connectivity index (χ3n) is 3.50. The van der Waals surface area contributed by atoms with E-state index in [1.165, 1.54) is 25.7 Å². The normalized spacial score (nSPS) is 17.4. The van der Waals surface area contributed by atoms with Crippen LogP contribution in [-0.2, 0) is 9.63 Å². The Morgan fingerprint density at radius 1 is 1.06 bits per heavy atom. The van der Waals surface area contributed by atoms with E-state index in [2.05, 4.69) is 5.48 Å². The molecule has 0 spiro atoms. The molecular weight excluding hydrogens is 228 g/mol. The van der Waals surface area contributed by atoms with Crippen LogP contribution in [0.1, 0.15) is 70.6 Å². The molecule has 0 saturated heterocycles. The van der Waals surface area contributed by atoms with Crippen molar-refractivity contribution in [3.8, 4) is 0 Å². The third-order valence-corrected chi connectivity index (χ3v) is 3.50. The minimum absolute atomic E-state index is 0.0204. The van der Waals surface area contributed by atoms with E-state index in [1.807, 2.05) is 0 Å². The molecule has 1 saturated carbocycles. The average molecular weight is 256 g/mol. The lowest BCUT2D eigenvalue weighted by Crippen LogP contribution is -2.29. The molecule has 0 unspecified atom stereocenters. The minimum atomic E-state index is 0.0204. The smallest absolute Gasteiger partial charge is 0.243 e. The molecule has 1 fully saturated rings. The lowest BCUT2D eigenvalue weighted by atomic mass is 10.1. The monoisotopic (exact) mass is 256 g/mol. The molecule has 4 heteroatoms. The summed E-state index contributed by atoms with van der Waals surface area (Å²) in [4.78, 5) is 17.0. The molecule has 1 aliphatic rings. The largest absolute Gasteiger partial charge is 0.330 e.